The minimum absolute atomic E-state index is 0.0769. The molecule has 8 nitrogen and oxygen atoms in total. The summed E-state index contributed by atoms with van der Waals surface area (Å²) in [5, 5.41) is 6.37. The first-order valence-electron chi connectivity index (χ1n) is 12.8. The Morgan fingerprint density at radius 3 is 2.32 bits per heavy atom. The van der Waals surface area contributed by atoms with Crippen LogP contribution in [-0.2, 0) is 10.0 Å². The van der Waals surface area contributed by atoms with Crippen LogP contribution < -0.4 is 10.6 Å². The Balaban J connectivity index is 1.41. The first-order chi connectivity index (χ1) is 16.4. The predicted molar refractivity (Wildman–Crippen MR) is 139 cm³/mol. The lowest BCUT2D eigenvalue weighted by Gasteiger charge is -2.42. The van der Waals surface area contributed by atoms with Gasteiger partial charge in [0.05, 0.1) is 11.6 Å². The Bertz CT molecular complexity index is 960. The number of nitrogens with one attached hydrogen (secondary N) is 2. The molecule has 1 saturated carbocycles. The summed E-state index contributed by atoms with van der Waals surface area (Å²) in [6.07, 6.45) is 10.7. The summed E-state index contributed by atoms with van der Waals surface area (Å²) in [4.78, 5) is 11.9. The van der Waals surface area contributed by atoms with E-state index in [1.54, 1.807) is 35.6 Å². The van der Waals surface area contributed by atoms with Crippen LogP contribution in [0.15, 0.2) is 39.1 Å². The molecule has 3 fully saturated rings. The Morgan fingerprint density at radius 1 is 1.09 bits per heavy atom. The van der Waals surface area contributed by atoms with Crippen molar-refractivity contribution in [2.45, 2.75) is 94.3 Å². The molecule has 1 aliphatic carbocycles. The lowest BCUT2D eigenvalue weighted by Crippen LogP contribution is -2.51. The van der Waals surface area contributed by atoms with Crippen molar-refractivity contribution in [3.63, 3.8) is 0 Å². The Kier molecular flexibility index (Phi) is 8.39. The molecule has 188 valence electrons. The van der Waals surface area contributed by atoms with Gasteiger partial charge in [-0.3, -0.25) is 10.2 Å². The van der Waals surface area contributed by atoms with Crippen molar-refractivity contribution in [1.29, 1.82) is 0 Å². The van der Waals surface area contributed by atoms with Gasteiger partial charge in [-0.2, -0.15) is 4.31 Å². The molecular formula is C25H40N6O2S. The highest BCUT2D eigenvalue weighted by Crippen LogP contribution is 2.44. The maximum atomic E-state index is 13.4. The Morgan fingerprint density at radius 2 is 1.74 bits per heavy atom. The topological polar surface area (TPSA) is 89.4 Å². The van der Waals surface area contributed by atoms with Crippen molar-refractivity contribution in [2.24, 2.45) is 9.98 Å². The molecule has 1 aromatic carbocycles. The summed E-state index contributed by atoms with van der Waals surface area (Å²) >= 11 is 0. The number of hydrogen-bond acceptors (Lipinski definition) is 5. The maximum Gasteiger partial charge on any atom is 0.243 e. The van der Waals surface area contributed by atoms with Crippen molar-refractivity contribution in [3.8, 4) is 0 Å². The van der Waals surface area contributed by atoms with Gasteiger partial charge >= 0.3 is 0 Å². The van der Waals surface area contributed by atoms with Gasteiger partial charge < -0.3 is 5.32 Å². The lowest BCUT2D eigenvalue weighted by atomic mass is 9.97. The molecule has 2 aliphatic heterocycles. The third kappa shape index (κ3) is 5.87. The molecule has 4 rings (SSSR count). The van der Waals surface area contributed by atoms with E-state index in [-0.39, 0.29) is 6.04 Å². The number of piperidine rings is 1. The molecule has 0 amide bonds. The normalized spacial score (nSPS) is 26.0. The number of sulfonamides is 1. The molecule has 0 radical (unpaired) electrons. The van der Waals surface area contributed by atoms with Crippen LogP contribution in [0.5, 0.6) is 0 Å². The van der Waals surface area contributed by atoms with Crippen molar-refractivity contribution in [1.82, 2.24) is 14.5 Å². The van der Waals surface area contributed by atoms with Crippen LogP contribution >= 0.6 is 0 Å². The molecule has 2 atom stereocenters. The summed E-state index contributed by atoms with van der Waals surface area (Å²) in [6, 6.07) is 8.88. The Labute approximate surface area is 205 Å². The number of nitrogens with zero attached hydrogens (tertiary/aromatic N) is 4. The van der Waals surface area contributed by atoms with Crippen LogP contribution in [0.1, 0.15) is 65.2 Å². The summed E-state index contributed by atoms with van der Waals surface area (Å²) in [5.74, 6) is 0.514. The van der Waals surface area contributed by atoms with Crippen LogP contribution in [0, 0.1) is 0 Å². The molecule has 2 saturated heterocycles. The average molecular weight is 489 g/mol. The van der Waals surface area contributed by atoms with Gasteiger partial charge in [-0.15, -0.1) is 0 Å². The number of guanidine groups is 1. The van der Waals surface area contributed by atoms with Gasteiger partial charge in [0.25, 0.3) is 0 Å². The van der Waals surface area contributed by atoms with E-state index in [1.807, 2.05) is 13.1 Å². The highest BCUT2D eigenvalue weighted by molar-refractivity contribution is 7.89. The quantitative estimate of drug-likeness (QED) is 0.298. The number of fused-ring (bicyclic) bond motifs is 2. The average Bonchev–Trinajstić information content (AvgIpc) is 3.64. The van der Waals surface area contributed by atoms with Gasteiger partial charge in [0.1, 0.15) is 0 Å². The lowest BCUT2D eigenvalue weighted by molar-refractivity contribution is 0.0902. The largest absolute Gasteiger partial charge is 0.324 e. The van der Waals surface area contributed by atoms with Crippen molar-refractivity contribution in [3.05, 3.63) is 24.3 Å². The monoisotopic (exact) mass is 488 g/mol. The zero-order valence-electron chi connectivity index (χ0n) is 20.8. The molecule has 0 aromatic heterocycles. The molecule has 9 heteroatoms. The molecule has 2 heterocycles. The van der Waals surface area contributed by atoms with Gasteiger partial charge in [-0.1, -0.05) is 20.3 Å². The summed E-state index contributed by atoms with van der Waals surface area (Å²) in [6.45, 7) is 5.43. The molecular weight excluding hydrogens is 448 g/mol. The Hall–Kier alpha value is -1.81. The van der Waals surface area contributed by atoms with E-state index in [4.69, 9.17) is 0 Å². The van der Waals surface area contributed by atoms with E-state index in [9.17, 15) is 8.42 Å². The highest BCUT2D eigenvalue weighted by atomic mass is 32.2. The standard InChI is InChI=1S/C25H40N6O2S/c1-4-6-15-27-25(28-18-26-5-2)29-19-7-13-24(14-8-19)34(32,33)30(3)23-16-21-11-12-22(17-23)31(21)20-9-10-20/h7-8,13-15,20-23,26H,4-6,9-12,16-18H2,1-3H3,(H,28,29). The summed E-state index contributed by atoms with van der Waals surface area (Å²) in [7, 11) is -1.79. The number of anilines is 1. The van der Waals surface area contributed by atoms with Crippen LogP contribution in [0.2, 0.25) is 0 Å². The van der Waals surface area contributed by atoms with Crippen molar-refractivity contribution in [2.75, 3.05) is 25.6 Å². The molecule has 0 spiro atoms. The van der Waals surface area contributed by atoms with Crippen LogP contribution in [0.25, 0.3) is 0 Å². The van der Waals surface area contributed by atoms with E-state index in [0.29, 0.717) is 29.6 Å². The van der Waals surface area contributed by atoms with Gasteiger partial charge in [0, 0.05) is 43.1 Å². The van der Waals surface area contributed by atoms with E-state index in [0.717, 1.165) is 44.0 Å². The van der Waals surface area contributed by atoms with Gasteiger partial charge in [0.15, 0.2) is 0 Å². The third-order valence-electron chi connectivity index (χ3n) is 7.26. The molecule has 1 aromatic rings. The fraction of sp³-hybridized carbons (Fsp3) is 0.680. The molecule has 2 unspecified atom stereocenters. The van der Waals surface area contributed by atoms with Crippen molar-refractivity contribution >= 4 is 27.9 Å². The second-order valence-corrected chi connectivity index (χ2v) is 11.7. The number of unbranched alkanes of at least 4 members (excludes halogenated alkanes) is 1. The third-order valence-corrected chi connectivity index (χ3v) is 9.18. The predicted octanol–water partition coefficient (Wildman–Crippen LogP) is 3.67. The summed E-state index contributed by atoms with van der Waals surface area (Å²) in [5.41, 5.74) is 0.765. The molecule has 3 aliphatic rings. The first kappa shape index (κ1) is 25.3. The second-order valence-electron chi connectivity index (χ2n) is 9.70. The zero-order valence-corrected chi connectivity index (χ0v) is 21.6. The number of benzene rings is 1. The van der Waals surface area contributed by atoms with Crippen molar-refractivity contribution < 1.29 is 8.42 Å². The number of aliphatic imine (C=N–C) groups is 2. The van der Waals surface area contributed by atoms with E-state index in [1.165, 1.54) is 25.7 Å². The minimum Gasteiger partial charge on any atom is -0.324 e. The van der Waals surface area contributed by atoms with Crippen LogP contribution in [0.4, 0.5) is 5.69 Å². The number of hydrogen-bond donors (Lipinski definition) is 2. The van der Waals surface area contributed by atoms with E-state index in [2.05, 4.69) is 32.4 Å². The van der Waals surface area contributed by atoms with Gasteiger partial charge in [-0.05, 0) is 75.8 Å². The number of rotatable bonds is 10. The fourth-order valence-electron chi connectivity index (χ4n) is 5.29. The van der Waals surface area contributed by atoms with Crippen LogP contribution in [-0.4, -0.2) is 74.2 Å². The maximum absolute atomic E-state index is 13.4. The minimum atomic E-state index is -3.54. The fourth-order valence-corrected chi connectivity index (χ4v) is 6.66. The van der Waals surface area contributed by atoms with Gasteiger partial charge in [0.2, 0.25) is 16.0 Å². The van der Waals surface area contributed by atoms with Crippen LogP contribution in [0.3, 0.4) is 0 Å². The highest BCUT2D eigenvalue weighted by Gasteiger charge is 2.48. The van der Waals surface area contributed by atoms with E-state index < -0.39 is 10.0 Å². The van der Waals surface area contributed by atoms with E-state index >= 15 is 0 Å². The zero-order chi connectivity index (χ0) is 24.1. The second kappa shape index (κ2) is 11.3. The molecule has 34 heavy (non-hydrogen) atoms. The molecule has 2 N–H and O–H groups in total. The molecule has 2 bridgehead atoms. The summed E-state index contributed by atoms with van der Waals surface area (Å²) < 4.78 is 28.5. The smallest absolute Gasteiger partial charge is 0.243 e. The van der Waals surface area contributed by atoms with Gasteiger partial charge in [-0.25, -0.2) is 18.4 Å². The first-order valence-corrected chi connectivity index (χ1v) is 14.3. The SMILES string of the molecule is CCCC=NC(=NCNCC)Nc1ccc(S(=O)(=O)N(C)C2CC3CCC(C2)N3C2CC2)cc1.